The van der Waals surface area contributed by atoms with Crippen LogP contribution in [0.5, 0.6) is 0 Å². The van der Waals surface area contributed by atoms with E-state index >= 15 is 0 Å². The molecule has 0 saturated carbocycles. The first-order chi connectivity index (χ1) is 22.4. The molecular formula is C25H65Cl5N6O11SSn. The number of halogens is 5. The van der Waals surface area contributed by atoms with Crippen molar-refractivity contribution in [2.75, 3.05) is 71.3 Å². The number of nitrogens with zero attached hydrogens (tertiary/aromatic N) is 2. The van der Waals surface area contributed by atoms with E-state index in [1.807, 2.05) is 13.8 Å². The summed E-state index contributed by atoms with van der Waals surface area (Å²) in [4.78, 5) is 18.0. The Hall–Kier alpha value is 0.119. The normalized spacial score (nSPS) is 7.78. The summed E-state index contributed by atoms with van der Waals surface area (Å²) in [5, 5.41) is 29.8. The van der Waals surface area contributed by atoms with E-state index in [-0.39, 0.29) is 41.5 Å². The van der Waals surface area contributed by atoms with Crippen molar-refractivity contribution >= 4 is 88.9 Å². The van der Waals surface area contributed by atoms with E-state index in [0.29, 0.717) is 20.1 Å². The Balaban J connectivity index is -0.0000000385. The molecule has 0 saturated heterocycles. The zero-order chi connectivity index (χ0) is 39.0. The van der Waals surface area contributed by atoms with Crippen LogP contribution in [-0.2, 0) is 18.9 Å². The summed E-state index contributed by atoms with van der Waals surface area (Å²) >= 11 is 18.3. The standard InChI is InChI=1S/C6H14N2OS.C5H11NO3.C5H13NO.C2H5Cl.C2H6N2O3.C2H6O.C2H4.CH2Cl2.2ClH.2H2O.Sn/c1-2-3-4-9-5-8-6(7)10;1-2-3-4-9-5-6(7)8;1-2-3-4-7-5-6;1-2-3;3-1-7-2-4(5)6;1-2-3;1-2;2-1-3;;;;;/h2-5H2,1H3,(H3,7,8,10);2-5H2,1H3;2-6H2,1H3;2H2,1H3;1-3H2;3H,2H2,1H3;1-2H2;1H2;2*1H;2*1H2;/q;;;;;;;;;;;;+2/p-2. The van der Waals surface area contributed by atoms with Crippen LogP contribution in [0.4, 0.5) is 0 Å². The van der Waals surface area contributed by atoms with Crippen LogP contribution < -0.4 is 22.5 Å². The van der Waals surface area contributed by atoms with Gasteiger partial charge in [0.25, 0.3) is 0 Å². The maximum atomic E-state index is 9.64. The van der Waals surface area contributed by atoms with Crippen molar-refractivity contribution in [2.45, 2.75) is 73.1 Å². The van der Waals surface area contributed by atoms with Crippen molar-refractivity contribution in [2.24, 2.45) is 17.2 Å². The van der Waals surface area contributed by atoms with Gasteiger partial charge in [-0.3, -0.25) is 20.2 Å². The first-order valence-electron chi connectivity index (χ1n) is 14.1. The summed E-state index contributed by atoms with van der Waals surface area (Å²) in [6.07, 6.45) is 6.44. The predicted molar refractivity (Wildman–Crippen MR) is 212 cm³/mol. The summed E-state index contributed by atoms with van der Waals surface area (Å²) in [6, 6.07) is 0. The summed E-state index contributed by atoms with van der Waals surface area (Å²) in [5.41, 5.74) is 14.9. The molecule has 0 bridgehead atoms. The Bertz CT molecular complexity index is 523. The molecule has 0 aromatic rings. The second-order valence-corrected chi connectivity index (χ2v) is 12.7. The summed E-state index contributed by atoms with van der Waals surface area (Å²) < 4.78 is 18.8. The van der Waals surface area contributed by atoms with Crippen molar-refractivity contribution < 1.29 is 44.9 Å². The Morgan fingerprint density at radius 1 is 0.796 bits per heavy atom. The summed E-state index contributed by atoms with van der Waals surface area (Å²) in [6.45, 7) is 18.0. The van der Waals surface area contributed by atoms with E-state index in [4.69, 9.17) is 84.4 Å². The molecule has 306 valence electrons. The van der Waals surface area contributed by atoms with Crippen LogP contribution in [0.1, 0.15) is 73.1 Å². The summed E-state index contributed by atoms with van der Waals surface area (Å²) in [7, 11) is 9.87. The summed E-state index contributed by atoms with van der Waals surface area (Å²) in [5.74, 6) is 0.722. The Morgan fingerprint density at radius 2 is 1.06 bits per heavy atom. The minimum atomic E-state index is -0.826. The molecule has 0 atom stereocenters. The van der Waals surface area contributed by atoms with Crippen LogP contribution in [0.15, 0.2) is 13.2 Å². The molecule has 0 aliphatic rings. The van der Waals surface area contributed by atoms with E-state index in [0.717, 1.165) is 51.2 Å². The van der Waals surface area contributed by atoms with Gasteiger partial charge in [0.15, 0.2) is 5.11 Å². The molecule has 0 heterocycles. The van der Waals surface area contributed by atoms with Gasteiger partial charge in [0.2, 0.25) is 0 Å². The van der Waals surface area contributed by atoms with Crippen molar-refractivity contribution in [3.05, 3.63) is 33.4 Å². The maximum absolute atomic E-state index is 9.64. The number of unbranched alkanes of at least 4 members (excludes halogenated alkanes) is 3. The van der Waals surface area contributed by atoms with Crippen molar-refractivity contribution in [3.8, 4) is 0 Å². The van der Waals surface area contributed by atoms with Gasteiger partial charge in [0, 0.05) is 35.5 Å². The number of alkyl halides is 3. The molecule has 0 fully saturated rings. The van der Waals surface area contributed by atoms with Crippen molar-refractivity contribution in [3.63, 3.8) is 0 Å². The average molecular weight is 954 g/mol. The van der Waals surface area contributed by atoms with Gasteiger partial charge in [-0.15, -0.1) is 48.0 Å². The molecule has 49 heavy (non-hydrogen) atoms. The van der Waals surface area contributed by atoms with Crippen LogP contribution in [0, 0.1) is 20.2 Å². The molecule has 0 aliphatic heterocycles. The van der Waals surface area contributed by atoms with E-state index < -0.39 is 35.5 Å². The Labute approximate surface area is 332 Å². The van der Waals surface area contributed by atoms with E-state index in [2.05, 4.69) is 54.0 Å². The number of thiocarbonyl (C=S) groups is 1. The number of nitro groups is 2. The number of aliphatic hydroxyl groups is 1. The molecule has 0 aromatic heterocycles. The molecule has 0 spiro atoms. The Morgan fingerprint density at radius 3 is 1.29 bits per heavy atom. The second kappa shape index (κ2) is 104. The van der Waals surface area contributed by atoms with Crippen LogP contribution in [-0.4, -0.2) is 121 Å². The molecule has 2 radical (unpaired) electrons. The zero-order valence-corrected chi connectivity index (χ0v) is 37.0. The number of nitrogens with one attached hydrogen (secondary N) is 1. The van der Waals surface area contributed by atoms with Crippen molar-refractivity contribution in [1.29, 1.82) is 0 Å². The Kier molecular flexibility index (Phi) is 165. The van der Waals surface area contributed by atoms with Crippen molar-refractivity contribution in [1.82, 2.24) is 5.32 Å². The van der Waals surface area contributed by atoms with Crippen LogP contribution in [0.3, 0.4) is 0 Å². The molecule has 0 aliphatic carbocycles. The molecule has 0 rings (SSSR count). The molecule has 24 heteroatoms. The van der Waals surface area contributed by atoms with Gasteiger partial charge in [-0.05, 0) is 38.4 Å². The van der Waals surface area contributed by atoms with Crippen LogP contribution in [0.25, 0.3) is 0 Å². The minimum absolute atomic E-state index is 0. The third-order valence-electron chi connectivity index (χ3n) is 2.90. The van der Waals surface area contributed by atoms with Gasteiger partial charge >= 0.3 is 50.2 Å². The molecular weight excluding hydrogens is 888 g/mol. The molecule has 0 amide bonds. The monoisotopic (exact) mass is 952 g/mol. The number of ether oxygens (including phenoxy) is 4. The second-order valence-electron chi connectivity index (χ2n) is 6.69. The topological polar surface area (TPSA) is 297 Å². The molecule has 0 aromatic carbocycles. The van der Waals surface area contributed by atoms with E-state index in [1.54, 1.807) is 6.92 Å². The van der Waals surface area contributed by atoms with Gasteiger partial charge in [-0.25, -0.2) is 0 Å². The third-order valence-corrected chi connectivity index (χ3v) is 3.05. The first kappa shape index (κ1) is 78.3. The van der Waals surface area contributed by atoms with E-state index in [9.17, 15) is 20.2 Å². The molecule has 17 nitrogen and oxygen atoms in total. The SMILES string of the molecule is C=C.CCCCOCN.CCCCOCNC(N)=S.CCCCOC[N+](=O)[O-].CCCl.CCO.ClCCl.NCOC[N+](=O)[O-].O.O.[Cl][Sn][Cl]. The predicted octanol–water partition coefficient (Wildman–Crippen LogP) is 4.32. The number of rotatable bonds is 17. The van der Waals surface area contributed by atoms with Gasteiger partial charge < -0.3 is 57.5 Å². The molecule has 12 N–H and O–H groups in total. The number of hydrogen-bond donors (Lipinski definition) is 5. The van der Waals surface area contributed by atoms with Gasteiger partial charge in [0.05, 0.1) is 18.7 Å². The fourth-order valence-electron chi connectivity index (χ4n) is 1.28. The number of aliphatic hydroxyl groups excluding tert-OH is 1. The number of hydrogen-bond acceptors (Lipinski definition) is 12. The van der Waals surface area contributed by atoms with Crippen LogP contribution in [0.2, 0.25) is 0 Å². The zero-order valence-electron chi connectivity index (χ0n) is 29.6. The fourth-order valence-corrected chi connectivity index (χ4v) is 1.34. The van der Waals surface area contributed by atoms with Gasteiger partial charge in [-0.2, -0.15) is 0 Å². The quantitative estimate of drug-likeness (QED) is 0.0198. The first-order valence-corrected chi connectivity index (χ1v) is 23.4. The van der Waals surface area contributed by atoms with E-state index in [1.165, 1.54) is 6.42 Å². The van der Waals surface area contributed by atoms with Gasteiger partial charge in [-0.1, -0.05) is 47.0 Å². The number of nitrogens with two attached hydrogens (primary N) is 3. The third kappa shape index (κ3) is 229. The van der Waals surface area contributed by atoms with Crippen LogP contribution >= 0.6 is 64.9 Å². The average Bonchev–Trinajstić information content (AvgIpc) is 3.02. The van der Waals surface area contributed by atoms with Gasteiger partial charge in [0.1, 0.15) is 13.5 Å². The molecule has 0 unspecified atom stereocenters. The fraction of sp³-hybridized carbons (Fsp3) is 0.880.